The molecule has 0 amide bonds. The van der Waals surface area contributed by atoms with Crippen LogP contribution in [0.4, 0.5) is 0 Å². The highest BCUT2D eigenvalue weighted by atomic mass is 35.5. The van der Waals surface area contributed by atoms with Gasteiger partial charge < -0.3 is 10.1 Å². The van der Waals surface area contributed by atoms with Crippen molar-refractivity contribution in [2.24, 2.45) is 0 Å². The first-order valence-electron chi connectivity index (χ1n) is 6.52. The van der Waals surface area contributed by atoms with Gasteiger partial charge >= 0.3 is 0 Å². The van der Waals surface area contributed by atoms with Gasteiger partial charge in [-0.1, -0.05) is 30.1 Å². The van der Waals surface area contributed by atoms with Crippen molar-refractivity contribution in [3.05, 3.63) is 27.7 Å². The molecular weight excluding hydrogens is 335 g/mol. The van der Waals surface area contributed by atoms with Gasteiger partial charge in [0.2, 0.25) is 10.0 Å². The van der Waals surface area contributed by atoms with Crippen LogP contribution in [0.1, 0.15) is 19.4 Å². The lowest BCUT2D eigenvalue weighted by molar-refractivity contribution is 0.180. The molecule has 0 aliphatic carbocycles. The standard InChI is InChI=1S/C13H20Cl2N2O3S/c1-4-16-7-10-11(14)5-6-12(13(10)15)21(18,19)17-9(2)8-20-3/h5-6,9,16-17H,4,7-8H2,1-3H3. The molecule has 0 bridgehead atoms. The average molecular weight is 355 g/mol. The Balaban J connectivity index is 3.12. The van der Waals surface area contributed by atoms with Gasteiger partial charge in [-0.05, 0) is 25.6 Å². The fourth-order valence-corrected chi connectivity index (χ4v) is 3.95. The van der Waals surface area contributed by atoms with Crippen LogP contribution in [0.3, 0.4) is 0 Å². The van der Waals surface area contributed by atoms with Crippen LogP contribution in [0.5, 0.6) is 0 Å². The van der Waals surface area contributed by atoms with Gasteiger partial charge in [-0.2, -0.15) is 0 Å². The summed E-state index contributed by atoms with van der Waals surface area (Å²) < 4.78 is 32.2. The first-order chi connectivity index (χ1) is 9.83. The summed E-state index contributed by atoms with van der Waals surface area (Å²) >= 11 is 12.3. The average Bonchev–Trinajstić information content (AvgIpc) is 2.37. The van der Waals surface area contributed by atoms with E-state index >= 15 is 0 Å². The number of hydrogen-bond donors (Lipinski definition) is 2. The summed E-state index contributed by atoms with van der Waals surface area (Å²) in [6.07, 6.45) is 0. The first-order valence-corrected chi connectivity index (χ1v) is 8.76. The second-order valence-electron chi connectivity index (χ2n) is 4.60. The van der Waals surface area contributed by atoms with E-state index < -0.39 is 10.0 Å². The van der Waals surface area contributed by atoms with Crippen LogP contribution >= 0.6 is 23.2 Å². The maximum absolute atomic E-state index is 12.4. The summed E-state index contributed by atoms with van der Waals surface area (Å²) in [5.74, 6) is 0. The van der Waals surface area contributed by atoms with E-state index in [9.17, 15) is 8.42 Å². The lowest BCUT2D eigenvalue weighted by atomic mass is 10.2. The summed E-state index contributed by atoms with van der Waals surface area (Å²) in [6.45, 7) is 5.06. The number of benzene rings is 1. The summed E-state index contributed by atoms with van der Waals surface area (Å²) in [7, 11) is -2.22. The predicted molar refractivity (Wildman–Crippen MR) is 85.5 cm³/mol. The minimum atomic E-state index is -3.73. The maximum Gasteiger partial charge on any atom is 0.242 e. The van der Waals surface area contributed by atoms with E-state index in [0.29, 0.717) is 17.1 Å². The van der Waals surface area contributed by atoms with Gasteiger partial charge in [0.1, 0.15) is 4.90 Å². The molecule has 8 heteroatoms. The van der Waals surface area contributed by atoms with E-state index in [1.54, 1.807) is 6.92 Å². The lowest BCUT2D eigenvalue weighted by Crippen LogP contribution is -2.35. The van der Waals surface area contributed by atoms with E-state index in [4.69, 9.17) is 27.9 Å². The van der Waals surface area contributed by atoms with Crippen molar-refractivity contribution in [1.29, 1.82) is 0 Å². The van der Waals surface area contributed by atoms with Crippen molar-refractivity contribution in [1.82, 2.24) is 10.0 Å². The third-order valence-corrected chi connectivity index (χ3v) is 5.29. The molecule has 1 rings (SSSR count). The fourth-order valence-electron chi connectivity index (χ4n) is 1.81. The highest BCUT2D eigenvalue weighted by Gasteiger charge is 2.23. The molecule has 0 aromatic heterocycles. The Hall–Kier alpha value is -0.370. The van der Waals surface area contributed by atoms with Gasteiger partial charge in [0.25, 0.3) is 0 Å². The van der Waals surface area contributed by atoms with Crippen molar-refractivity contribution in [2.45, 2.75) is 31.3 Å². The number of ether oxygens (including phenoxy) is 1. The van der Waals surface area contributed by atoms with Crippen LogP contribution in [0, 0.1) is 0 Å². The van der Waals surface area contributed by atoms with Crippen LogP contribution in [0.25, 0.3) is 0 Å². The molecule has 0 heterocycles. The van der Waals surface area contributed by atoms with Crippen molar-refractivity contribution >= 4 is 33.2 Å². The Labute approximate surface area is 136 Å². The lowest BCUT2D eigenvalue weighted by Gasteiger charge is -2.16. The number of hydrogen-bond acceptors (Lipinski definition) is 4. The van der Waals surface area contributed by atoms with Crippen LogP contribution < -0.4 is 10.0 Å². The topological polar surface area (TPSA) is 67.4 Å². The monoisotopic (exact) mass is 354 g/mol. The molecule has 21 heavy (non-hydrogen) atoms. The predicted octanol–water partition coefficient (Wildman–Crippen LogP) is 2.42. The van der Waals surface area contributed by atoms with Crippen molar-refractivity contribution < 1.29 is 13.2 Å². The summed E-state index contributed by atoms with van der Waals surface area (Å²) in [5, 5.41) is 3.66. The zero-order chi connectivity index (χ0) is 16.0. The Morgan fingerprint density at radius 1 is 1.33 bits per heavy atom. The molecule has 2 N–H and O–H groups in total. The Morgan fingerprint density at radius 3 is 2.57 bits per heavy atom. The number of halogens is 2. The van der Waals surface area contributed by atoms with Gasteiger partial charge in [0.15, 0.2) is 0 Å². The van der Waals surface area contributed by atoms with E-state index in [-0.39, 0.29) is 22.6 Å². The van der Waals surface area contributed by atoms with E-state index in [1.165, 1.54) is 19.2 Å². The second-order valence-corrected chi connectivity index (χ2v) is 7.06. The molecule has 0 saturated carbocycles. The largest absolute Gasteiger partial charge is 0.383 e. The van der Waals surface area contributed by atoms with Crippen molar-refractivity contribution in [3.63, 3.8) is 0 Å². The van der Waals surface area contributed by atoms with Crippen LogP contribution in [0.2, 0.25) is 10.0 Å². The first kappa shape index (κ1) is 18.7. The highest BCUT2D eigenvalue weighted by molar-refractivity contribution is 7.89. The number of nitrogens with one attached hydrogen (secondary N) is 2. The molecule has 0 spiro atoms. The maximum atomic E-state index is 12.4. The molecule has 0 aliphatic heterocycles. The molecule has 0 fully saturated rings. The van der Waals surface area contributed by atoms with E-state index in [0.717, 1.165) is 6.54 Å². The Bertz CT molecular complexity index is 579. The molecule has 120 valence electrons. The van der Waals surface area contributed by atoms with Gasteiger partial charge in [0.05, 0.1) is 11.6 Å². The van der Waals surface area contributed by atoms with Crippen molar-refractivity contribution in [3.8, 4) is 0 Å². The summed E-state index contributed by atoms with van der Waals surface area (Å²) in [6, 6.07) is 2.58. The van der Waals surface area contributed by atoms with E-state index in [1.807, 2.05) is 6.92 Å². The number of sulfonamides is 1. The molecule has 0 radical (unpaired) electrons. The molecule has 0 saturated heterocycles. The molecule has 1 aromatic carbocycles. The summed E-state index contributed by atoms with van der Waals surface area (Å²) in [4.78, 5) is 0.0180. The van der Waals surface area contributed by atoms with Gasteiger partial charge in [0, 0.05) is 30.3 Å². The Morgan fingerprint density at radius 2 is 2.00 bits per heavy atom. The third-order valence-electron chi connectivity index (χ3n) is 2.76. The SMILES string of the molecule is CCNCc1c(Cl)ccc(S(=O)(=O)NC(C)COC)c1Cl. The van der Waals surface area contributed by atoms with Crippen LogP contribution in [0.15, 0.2) is 17.0 Å². The zero-order valence-corrected chi connectivity index (χ0v) is 14.6. The smallest absolute Gasteiger partial charge is 0.242 e. The minimum Gasteiger partial charge on any atom is -0.383 e. The van der Waals surface area contributed by atoms with Gasteiger partial charge in [-0.3, -0.25) is 0 Å². The minimum absolute atomic E-state index is 0.0180. The van der Waals surface area contributed by atoms with Gasteiger partial charge in [-0.25, -0.2) is 13.1 Å². The normalized spacial score (nSPS) is 13.4. The quantitative estimate of drug-likeness (QED) is 0.752. The van der Waals surface area contributed by atoms with E-state index in [2.05, 4.69) is 10.0 Å². The highest BCUT2D eigenvalue weighted by Crippen LogP contribution is 2.31. The molecule has 1 aromatic rings. The fraction of sp³-hybridized carbons (Fsp3) is 0.538. The molecule has 1 unspecified atom stereocenters. The molecule has 0 aliphatic rings. The molecular formula is C13H20Cl2N2O3S. The van der Waals surface area contributed by atoms with Crippen LogP contribution in [-0.4, -0.2) is 34.7 Å². The molecule has 1 atom stereocenters. The number of methoxy groups -OCH3 is 1. The van der Waals surface area contributed by atoms with Crippen molar-refractivity contribution in [2.75, 3.05) is 20.3 Å². The zero-order valence-electron chi connectivity index (χ0n) is 12.2. The second kappa shape index (κ2) is 8.31. The Kier molecular flexibility index (Phi) is 7.39. The van der Waals surface area contributed by atoms with Gasteiger partial charge in [-0.15, -0.1) is 0 Å². The number of rotatable bonds is 8. The molecule has 5 nitrogen and oxygen atoms in total. The third kappa shape index (κ3) is 5.09. The van der Waals surface area contributed by atoms with Crippen LogP contribution in [-0.2, 0) is 21.3 Å². The summed E-state index contributed by atoms with van der Waals surface area (Å²) in [5.41, 5.74) is 0.572.